The lowest BCUT2D eigenvalue weighted by atomic mass is 10.00. The van der Waals surface area contributed by atoms with Crippen molar-refractivity contribution >= 4 is 5.97 Å². The normalized spacial score (nSPS) is 35.3. The summed E-state index contributed by atoms with van der Waals surface area (Å²) in [5.41, 5.74) is -0.974. The van der Waals surface area contributed by atoms with Gasteiger partial charge in [-0.2, -0.15) is 0 Å². The molecule has 2 atom stereocenters. The summed E-state index contributed by atoms with van der Waals surface area (Å²) in [5, 5.41) is 0. The van der Waals surface area contributed by atoms with Gasteiger partial charge in [0.2, 0.25) is 0 Å². The molecular weight excluding hydrogens is 192 g/mol. The molecular formula is C12H20O3. The molecule has 86 valence electrons. The highest BCUT2D eigenvalue weighted by Gasteiger charge is 2.63. The van der Waals surface area contributed by atoms with Crippen molar-refractivity contribution < 1.29 is 14.3 Å². The average Bonchev–Trinajstić information content (AvgIpc) is 2.72. The van der Waals surface area contributed by atoms with E-state index in [-0.39, 0.29) is 12.1 Å². The largest absolute Gasteiger partial charge is 0.458 e. The number of hydrogen-bond donors (Lipinski definition) is 0. The van der Waals surface area contributed by atoms with Gasteiger partial charge in [0.05, 0.1) is 6.10 Å². The Morgan fingerprint density at radius 3 is 2.73 bits per heavy atom. The Morgan fingerprint density at radius 2 is 2.07 bits per heavy atom. The fourth-order valence-corrected chi connectivity index (χ4v) is 2.27. The van der Waals surface area contributed by atoms with Crippen LogP contribution in [-0.4, -0.2) is 23.3 Å². The quantitative estimate of drug-likeness (QED) is 0.495. The highest BCUT2D eigenvalue weighted by Crippen LogP contribution is 2.47. The zero-order valence-corrected chi connectivity index (χ0v) is 9.84. The van der Waals surface area contributed by atoms with E-state index in [1.807, 2.05) is 20.8 Å². The Hall–Kier alpha value is -0.570. The van der Waals surface area contributed by atoms with Gasteiger partial charge in [-0.1, -0.05) is 12.8 Å². The number of ether oxygens (including phenoxy) is 2. The van der Waals surface area contributed by atoms with E-state index in [9.17, 15) is 4.79 Å². The molecule has 1 saturated heterocycles. The first-order valence-electron chi connectivity index (χ1n) is 5.85. The van der Waals surface area contributed by atoms with Crippen LogP contribution in [0.15, 0.2) is 0 Å². The van der Waals surface area contributed by atoms with E-state index >= 15 is 0 Å². The van der Waals surface area contributed by atoms with Crippen molar-refractivity contribution in [3.63, 3.8) is 0 Å². The second-order valence-corrected chi connectivity index (χ2v) is 5.60. The minimum absolute atomic E-state index is 0.134. The average molecular weight is 212 g/mol. The van der Waals surface area contributed by atoms with Crippen molar-refractivity contribution in [3.8, 4) is 0 Å². The summed E-state index contributed by atoms with van der Waals surface area (Å²) in [6.07, 6.45) is 5.45. The molecule has 1 aliphatic carbocycles. The highest BCUT2D eigenvalue weighted by atomic mass is 16.7. The first-order valence-corrected chi connectivity index (χ1v) is 5.85. The van der Waals surface area contributed by atoms with Crippen LogP contribution in [0.4, 0.5) is 0 Å². The van der Waals surface area contributed by atoms with Gasteiger partial charge in [-0.05, 0) is 40.0 Å². The van der Waals surface area contributed by atoms with Crippen LogP contribution in [0.5, 0.6) is 0 Å². The Bertz CT molecular complexity index is 267. The summed E-state index contributed by atoms with van der Waals surface area (Å²) in [7, 11) is 0. The standard InChI is InChI=1S/C12H20O3/c1-11(2,3)15-10(13)12-8-6-4-5-7-9(12)14-12/h9H,4-8H2,1-3H3. The third-order valence-corrected chi connectivity index (χ3v) is 3.07. The molecule has 2 rings (SSSR count). The summed E-state index contributed by atoms with van der Waals surface area (Å²) >= 11 is 0. The maximum atomic E-state index is 12.0. The van der Waals surface area contributed by atoms with Crippen molar-refractivity contribution in [2.75, 3.05) is 0 Å². The molecule has 0 radical (unpaired) electrons. The molecule has 0 spiro atoms. The Balaban J connectivity index is 2.01. The second-order valence-electron chi connectivity index (χ2n) is 5.60. The minimum Gasteiger partial charge on any atom is -0.458 e. The van der Waals surface area contributed by atoms with Crippen LogP contribution in [0.25, 0.3) is 0 Å². The summed E-state index contributed by atoms with van der Waals surface area (Å²) < 4.78 is 11.0. The molecule has 3 nitrogen and oxygen atoms in total. The maximum absolute atomic E-state index is 12.0. The molecule has 0 aromatic carbocycles. The molecule has 0 N–H and O–H groups in total. The molecule has 0 amide bonds. The number of carbonyl (C=O) groups excluding carboxylic acids is 1. The van der Waals surface area contributed by atoms with Gasteiger partial charge in [0.15, 0.2) is 5.60 Å². The van der Waals surface area contributed by atoms with Crippen molar-refractivity contribution in [2.45, 2.75) is 70.2 Å². The van der Waals surface area contributed by atoms with Crippen LogP contribution in [-0.2, 0) is 14.3 Å². The topological polar surface area (TPSA) is 38.8 Å². The van der Waals surface area contributed by atoms with E-state index in [2.05, 4.69) is 0 Å². The lowest BCUT2D eigenvalue weighted by molar-refractivity contribution is -0.161. The summed E-state index contributed by atoms with van der Waals surface area (Å²) in [6.45, 7) is 5.70. The predicted octanol–water partition coefficient (Wildman–Crippen LogP) is 2.43. The number of rotatable bonds is 1. The van der Waals surface area contributed by atoms with Crippen LogP contribution in [0, 0.1) is 0 Å². The molecule has 2 unspecified atom stereocenters. The molecule has 1 heterocycles. The minimum atomic E-state index is -0.566. The van der Waals surface area contributed by atoms with E-state index in [0.29, 0.717) is 0 Å². The molecule has 0 aromatic heterocycles. The lowest BCUT2D eigenvalue weighted by Gasteiger charge is -2.22. The monoisotopic (exact) mass is 212 g/mol. The van der Waals surface area contributed by atoms with Crippen molar-refractivity contribution in [1.82, 2.24) is 0 Å². The van der Waals surface area contributed by atoms with Gasteiger partial charge in [0, 0.05) is 0 Å². The molecule has 0 aromatic rings. The third-order valence-electron chi connectivity index (χ3n) is 3.07. The lowest BCUT2D eigenvalue weighted by Crippen LogP contribution is -2.35. The maximum Gasteiger partial charge on any atom is 0.341 e. The fraction of sp³-hybridized carbons (Fsp3) is 0.917. The van der Waals surface area contributed by atoms with E-state index in [1.165, 1.54) is 12.8 Å². The Kier molecular flexibility index (Phi) is 2.53. The summed E-state index contributed by atoms with van der Waals surface area (Å²) in [6, 6.07) is 0. The number of esters is 1. The van der Waals surface area contributed by atoms with Crippen LogP contribution in [0.2, 0.25) is 0 Å². The van der Waals surface area contributed by atoms with Crippen LogP contribution in [0.3, 0.4) is 0 Å². The summed E-state index contributed by atoms with van der Waals surface area (Å²) in [5.74, 6) is -0.151. The Morgan fingerprint density at radius 1 is 1.33 bits per heavy atom. The van der Waals surface area contributed by atoms with Gasteiger partial charge >= 0.3 is 5.97 Å². The van der Waals surface area contributed by atoms with Gasteiger partial charge in [0.25, 0.3) is 0 Å². The molecule has 3 heteroatoms. The zero-order chi connectivity index (χ0) is 11.1. The number of hydrogen-bond acceptors (Lipinski definition) is 3. The number of carbonyl (C=O) groups is 1. The zero-order valence-electron chi connectivity index (χ0n) is 9.84. The van der Waals surface area contributed by atoms with E-state index in [1.54, 1.807) is 0 Å². The highest BCUT2D eigenvalue weighted by molar-refractivity contribution is 5.83. The SMILES string of the molecule is CC(C)(C)OC(=O)C12CCCCCC1O2. The van der Waals surface area contributed by atoms with Gasteiger partial charge in [-0.3, -0.25) is 0 Å². The first kappa shape index (κ1) is 10.9. The van der Waals surface area contributed by atoms with Crippen molar-refractivity contribution in [3.05, 3.63) is 0 Å². The van der Waals surface area contributed by atoms with Crippen LogP contribution >= 0.6 is 0 Å². The molecule has 1 saturated carbocycles. The van der Waals surface area contributed by atoms with Crippen molar-refractivity contribution in [1.29, 1.82) is 0 Å². The summed E-state index contributed by atoms with van der Waals surface area (Å²) in [4.78, 5) is 12.0. The number of epoxide rings is 1. The van der Waals surface area contributed by atoms with E-state index in [4.69, 9.17) is 9.47 Å². The van der Waals surface area contributed by atoms with Crippen LogP contribution < -0.4 is 0 Å². The fourth-order valence-electron chi connectivity index (χ4n) is 2.27. The smallest absolute Gasteiger partial charge is 0.341 e. The Labute approximate surface area is 91.1 Å². The van der Waals surface area contributed by atoms with Gasteiger partial charge < -0.3 is 9.47 Å². The third kappa shape index (κ3) is 2.17. The number of fused-ring (bicyclic) bond motifs is 1. The van der Waals surface area contributed by atoms with Gasteiger partial charge in [-0.25, -0.2) is 4.79 Å². The second kappa shape index (κ2) is 3.48. The molecule has 1 aliphatic heterocycles. The molecule has 2 aliphatic rings. The molecule has 2 fully saturated rings. The van der Waals surface area contributed by atoms with Gasteiger partial charge in [-0.15, -0.1) is 0 Å². The van der Waals surface area contributed by atoms with Crippen molar-refractivity contribution in [2.24, 2.45) is 0 Å². The molecule has 0 bridgehead atoms. The molecule has 15 heavy (non-hydrogen) atoms. The first-order chi connectivity index (χ1) is 6.94. The predicted molar refractivity (Wildman–Crippen MR) is 56.5 cm³/mol. The van der Waals surface area contributed by atoms with Gasteiger partial charge in [0.1, 0.15) is 5.60 Å². The van der Waals surface area contributed by atoms with E-state index < -0.39 is 11.2 Å². The van der Waals surface area contributed by atoms with E-state index in [0.717, 1.165) is 19.3 Å². The van der Waals surface area contributed by atoms with Crippen LogP contribution in [0.1, 0.15) is 52.9 Å².